The number of likely N-dealkylation sites (N-methyl/N-ethyl adjacent to an activating group) is 1. The summed E-state index contributed by atoms with van der Waals surface area (Å²) in [4.78, 5) is 29.6. The molecule has 1 atom stereocenters. The maximum Gasteiger partial charge on any atom is 0.326 e. The number of nitrogens with zero attached hydrogens (tertiary/aromatic N) is 4. The predicted octanol–water partition coefficient (Wildman–Crippen LogP) is 2.66. The summed E-state index contributed by atoms with van der Waals surface area (Å²) in [6.07, 6.45) is 1.80. The van der Waals surface area contributed by atoms with Gasteiger partial charge in [0.1, 0.15) is 6.04 Å². The number of benzene rings is 1. The van der Waals surface area contributed by atoms with Crippen LogP contribution in [0.25, 0.3) is 16.7 Å². The molecule has 0 aliphatic rings. The minimum absolute atomic E-state index is 0.332. The number of hydrogen-bond acceptors (Lipinski definition) is 4. The van der Waals surface area contributed by atoms with Gasteiger partial charge in [0.25, 0.3) is 5.91 Å². The maximum absolute atomic E-state index is 12.7. The lowest BCUT2D eigenvalue weighted by Crippen LogP contribution is -2.42. The van der Waals surface area contributed by atoms with E-state index in [0.717, 1.165) is 16.8 Å². The van der Waals surface area contributed by atoms with Crippen LogP contribution in [0.15, 0.2) is 42.6 Å². The van der Waals surface area contributed by atoms with Gasteiger partial charge in [-0.2, -0.15) is 5.10 Å². The molecule has 1 aromatic carbocycles. The summed E-state index contributed by atoms with van der Waals surface area (Å²) in [5, 5.41) is 14.5. The van der Waals surface area contributed by atoms with E-state index in [9.17, 15) is 14.7 Å². The number of pyridine rings is 1. The molecule has 0 saturated heterocycles. The second-order valence-electron chi connectivity index (χ2n) is 6.11. The van der Waals surface area contributed by atoms with Crippen LogP contribution in [0.4, 0.5) is 0 Å². The van der Waals surface area contributed by atoms with Crippen LogP contribution >= 0.6 is 0 Å². The number of carbonyl (C=O) groups excluding carboxylic acids is 1. The number of fused-ring (bicyclic) bond motifs is 1. The van der Waals surface area contributed by atoms with E-state index in [1.165, 1.54) is 18.1 Å². The zero-order chi connectivity index (χ0) is 18.8. The van der Waals surface area contributed by atoms with Crippen LogP contribution in [0.3, 0.4) is 0 Å². The number of aliphatic carboxylic acids is 1. The van der Waals surface area contributed by atoms with Crippen molar-refractivity contribution in [1.29, 1.82) is 0 Å². The van der Waals surface area contributed by atoms with Gasteiger partial charge in [-0.25, -0.2) is 14.5 Å². The van der Waals surface area contributed by atoms with Gasteiger partial charge in [-0.05, 0) is 31.5 Å². The Labute approximate surface area is 150 Å². The van der Waals surface area contributed by atoms with Crippen molar-refractivity contribution in [2.75, 3.05) is 7.05 Å². The van der Waals surface area contributed by atoms with E-state index in [2.05, 4.69) is 10.1 Å². The van der Waals surface area contributed by atoms with Crippen LogP contribution in [-0.4, -0.2) is 49.7 Å². The van der Waals surface area contributed by atoms with Crippen molar-refractivity contribution in [2.45, 2.75) is 26.3 Å². The topological polar surface area (TPSA) is 88.3 Å². The largest absolute Gasteiger partial charge is 0.480 e. The monoisotopic (exact) mass is 352 g/mol. The molecule has 2 heterocycles. The van der Waals surface area contributed by atoms with Crippen LogP contribution < -0.4 is 0 Å². The molecule has 7 nitrogen and oxygen atoms in total. The first-order valence-corrected chi connectivity index (χ1v) is 8.34. The number of amides is 1. The van der Waals surface area contributed by atoms with Crippen LogP contribution in [0, 0.1) is 6.92 Å². The molecule has 1 amide bonds. The van der Waals surface area contributed by atoms with Gasteiger partial charge < -0.3 is 10.0 Å². The summed E-state index contributed by atoms with van der Waals surface area (Å²) in [5.41, 5.74) is 2.62. The summed E-state index contributed by atoms with van der Waals surface area (Å²) < 4.78 is 1.73. The van der Waals surface area contributed by atoms with Crippen molar-refractivity contribution < 1.29 is 14.7 Å². The number of aryl methyl sites for hydroxylation is 1. The van der Waals surface area contributed by atoms with E-state index in [1.54, 1.807) is 17.7 Å². The van der Waals surface area contributed by atoms with E-state index in [-0.39, 0.29) is 5.91 Å². The molecular weight excluding hydrogens is 332 g/mol. The number of aromatic nitrogens is 3. The summed E-state index contributed by atoms with van der Waals surface area (Å²) in [6.45, 7) is 3.59. The highest BCUT2D eigenvalue weighted by Gasteiger charge is 2.26. The third kappa shape index (κ3) is 3.03. The first-order valence-electron chi connectivity index (χ1n) is 8.34. The molecule has 3 rings (SSSR count). The number of carbonyl (C=O) groups is 2. The first-order chi connectivity index (χ1) is 12.4. The second-order valence-corrected chi connectivity index (χ2v) is 6.11. The van der Waals surface area contributed by atoms with Crippen LogP contribution in [0.5, 0.6) is 0 Å². The zero-order valence-electron chi connectivity index (χ0n) is 14.9. The molecular formula is C19H20N4O3. The maximum atomic E-state index is 12.7. The number of rotatable bonds is 5. The second kappa shape index (κ2) is 6.95. The molecule has 1 N–H and O–H groups in total. The quantitative estimate of drug-likeness (QED) is 0.763. The van der Waals surface area contributed by atoms with Gasteiger partial charge in [-0.15, -0.1) is 0 Å². The highest BCUT2D eigenvalue weighted by molar-refractivity contribution is 5.99. The average Bonchev–Trinajstić information content (AvgIpc) is 2.98. The lowest BCUT2D eigenvalue weighted by molar-refractivity contribution is -0.142. The van der Waals surface area contributed by atoms with Crippen LogP contribution in [0.1, 0.15) is 29.4 Å². The summed E-state index contributed by atoms with van der Waals surface area (Å²) >= 11 is 0. The molecule has 0 aliphatic heterocycles. The van der Waals surface area contributed by atoms with Crippen LogP contribution in [-0.2, 0) is 4.79 Å². The molecule has 0 bridgehead atoms. The number of para-hydroxylation sites is 1. The van der Waals surface area contributed by atoms with Gasteiger partial charge in [0.05, 0.1) is 16.9 Å². The lowest BCUT2D eigenvalue weighted by Gasteiger charge is -2.23. The standard InChI is InChI=1S/C19H20N4O3/c1-4-16(19(25)26)22(3)18(24)13-10-15-12(2)21-23(17(15)20-11-13)14-8-6-5-7-9-14/h5-11,16H,4H2,1-3H3,(H,25,26). The fourth-order valence-electron chi connectivity index (χ4n) is 2.97. The normalized spacial score (nSPS) is 12.1. The van der Waals surface area contributed by atoms with E-state index in [4.69, 9.17) is 0 Å². The molecule has 134 valence electrons. The molecule has 3 aromatic rings. The average molecular weight is 352 g/mol. The SMILES string of the molecule is CCC(C(=O)O)N(C)C(=O)c1cnc2c(c1)c(C)nn2-c1ccccc1. The van der Waals surface area contributed by atoms with E-state index in [1.807, 2.05) is 37.3 Å². The molecule has 0 fully saturated rings. The fraction of sp³-hybridized carbons (Fsp3) is 0.263. The van der Waals surface area contributed by atoms with Crippen molar-refractivity contribution in [3.8, 4) is 5.69 Å². The Morgan fingerprint density at radius 2 is 1.96 bits per heavy atom. The Kier molecular flexibility index (Phi) is 4.71. The van der Waals surface area contributed by atoms with Crippen molar-refractivity contribution in [3.63, 3.8) is 0 Å². The van der Waals surface area contributed by atoms with Gasteiger partial charge in [-0.1, -0.05) is 25.1 Å². The predicted molar refractivity (Wildman–Crippen MR) is 97.4 cm³/mol. The number of hydrogen-bond donors (Lipinski definition) is 1. The summed E-state index contributed by atoms with van der Waals surface area (Å²) in [7, 11) is 1.50. The van der Waals surface area contributed by atoms with Gasteiger partial charge in [0.2, 0.25) is 0 Å². The molecule has 26 heavy (non-hydrogen) atoms. The Balaban J connectivity index is 2.02. The highest BCUT2D eigenvalue weighted by atomic mass is 16.4. The molecule has 7 heteroatoms. The van der Waals surface area contributed by atoms with Crippen molar-refractivity contribution in [3.05, 3.63) is 53.9 Å². The zero-order valence-corrected chi connectivity index (χ0v) is 14.9. The molecule has 0 spiro atoms. The highest BCUT2D eigenvalue weighted by Crippen LogP contribution is 2.22. The van der Waals surface area contributed by atoms with E-state index in [0.29, 0.717) is 17.6 Å². The molecule has 2 aromatic heterocycles. The molecule has 0 radical (unpaired) electrons. The Hall–Kier alpha value is -3.22. The van der Waals surface area contributed by atoms with Crippen LogP contribution in [0.2, 0.25) is 0 Å². The molecule has 1 unspecified atom stereocenters. The summed E-state index contributed by atoms with van der Waals surface area (Å²) in [5.74, 6) is -1.40. The Morgan fingerprint density at radius 1 is 1.27 bits per heavy atom. The third-order valence-electron chi connectivity index (χ3n) is 4.41. The van der Waals surface area contributed by atoms with Gasteiger partial charge in [0.15, 0.2) is 5.65 Å². The number of carboxylic acids is 1. The van der Waals surface area contributed by atoms with Gasteiger partial charge in [-0.3, -0.25) is 4.79 Å². The third-order valence-corrected chi connectivity index (χ3v) is 4.41. The fourth-order valence-corrected chi connectivity index (χ4v) is 2.97. The lowest BCUT2D eigenvalue weighted by atomic mass is 10.1. The van der Waals surface area contributed by atoms with Gasteiger partial charge >= 0.3 is 5.97 Å². The minimum Gasteiger partial charge on any atom is -0.480 e. The molecule has 0 saturated carbocycles. The van der Waals surface area contributed by atoms with Crippen molar-refractivity contribution >= 4 is 22.9 Å². The Bertz CT molecular complexity index is 966. The van der Waals surface area contributed by atoms with E-state index < -0.39 is 12.0 Å². The minimum atomic E-state index is -1.02. The smallest absolute Gasteiger partial charge is 0.326 e. The van der Waals surface area contributed by atoms with Crippen molar-refractivity contribution in [2.24, 2.45) is 0 Å². The number of carboxylic acid groups (broad SMARTS) is 1. The van der Waals surface area contributed by atoms with Crippen molar-refractivity contribution in [1.82, 2.24) is 19.7 Å². The Morgan fingerprint density at radius 3 is 2.58 bits per heavy atom. The summed E-state index contributed by atoms with van der Waals surface area (Å²) in [6, 6.07) is 10.5. The van der Waals surface area contributed by atoms with E-state index >= 15 is 0 Å². The van der Waals surface area contributed by atoms with Gasteiger partial charge in [0, 0.05) is 18.6 Å². The first kappa shape index (κ1) is 17.6. The molecule has 0 aliphatic carbocycles.